The van der Waals surface area contributed by atoms with Crippen LogP contribution >= 0.6 is 11.3 Å². The predicted molar refractivity (Wildman–Crippen MR) is 125 cm³/mol. The Hall–Kier alpha value is -3.20. The van der Waals surface area contributed by atoms with E-state index in [2.05, 4.69) is 6.92 Å². The maximum absolute atomic E-state index is 13.2. The number of amides is 1. The number of hydrogen-bond acceptors (Lipinski definition) is 7. The van der Waals surface area contributed by atoms with Gasteiger partial charge in [0.05, 0.1) is 29.9 Å². The Bertz CT molecular complexity index is 1190. The number of thiazole rings is 1. The lowest BCUT2D eigenvalue weighted by Crippen LogP contribution is -2.43. The van der Waals surface area contributed by atoms with Gasteiger partial charge in [-0.1, -0.05) is 19.1 Å². The lowest BCUT2D eigenvalue weighted by molar-refractivity contribution is -0.136. The van der Waals surface area contributed by atoms with E-state index in [0.717, 1.165) is 24.2 Å². The molecular formula is C24H28N2O6S. The molecule has 1 aromatic heterocycles. The van der Waals surface area contributed by atoms with Crippen molar-refractivity contribution >= 4 is 41.3 Å². The maximum atomic E-state index is 13.2. The van der Waals surface area contributed by atoms with Crippen LogP contribution in [0.15, 0.2) is 29.1 Å². The lowest BCUT2D eigenvalue weighted by atomic mass is 9.99. The number of carbonyl (C=O) groups is 3. The van der Waals surface area contributed by atoms with Crippen LogP contribution in [0.4, 0.5) is 0 Å². The topological polar surface area (TPSA) is 94.9 Å². The molecule has 1 aromatic carbocycles. The van der Waals surface area contributed by atoms with Crippen LogP contribution in [-0.2, 0) is 25.6 Å². The van der Waals surface area contributed by atoms with Gasteiger partial charge in [-0.05, 0) is 49.5 Å². The molecule has 8 nitrogen and oxygen atoms in total. The average molecular weight is 473 g/mol. The van der Waals surface area contributed by atoms with Crippen LogP contribution in [-0.4, -0.2) is 54.1 Å². The second-order valence-corrected chi connectivity index (χ2v) is 8.98. The predicted octanol–water partition coefficient (Wildman–Crippen LogP) is 1.13. The number of piperidine rings is 1. The standard InChI is InChI=1S/C24H28N2O6S/c1-4-32-22(28)14-21-26(15-20(27)25-11-9-16(2)10-12-25)23(29)19(33-21)13-17-5-7-18(8-6-17)24(30)31-3/h5-8,13-14,16H,4,9-12,15H2,1-3H3/b19-13+,21-14-. The molecule has 0 radical (unpaired) electrons. The average Bonchev–Trinajstić information content (AvgIpc) is 3.08. The first-order chi connectivity index (χ1) is 15.8. The quantitative estimate of drug-likeness (QED) is 0.585. The van der Waals surface area contributed by atoms with E-state index in [-0.39, 0.29) is 24.6 Å². The van der Waals surface area contributed by atoms with Crippen molar-refractivity contribution in [1.29, 1.82) is 0 Å². The molecule has 1 saturated heterocycles. The number of benzene rings is 1. The van der Waals surface area contributed by atoms with Crippen molar-refractivity contribution in [3.05, 3.63) is 54.9 Å². The fourth-order valence-electron chi connectivity index (χ4n) is 3.56. The normalized spacial score (nSPS) is 15.5. The van der Waals surface area contributed by atoms with Crippen LogP contribution in [0.1, 0.15) is 42.6 Å². The first-order valence-corrected chi connectivity index (χ1v) is 11.7. The van der Waals surface area contributed by atoms with Gasteiger partial charge in [0, 0.05) is 13.1 Å². The Morgan fingerprint density at radius 2 is 1.82 bits per heavy atom. The summed E-state index contributed by atoms with van der Waals surface area (Å²) in [5.41, 5.74) is 0.745. The molecule has 0 bridgehead atoms. The van der Waals surface area contributed by atoms with E-state index >= 15 is 0 Å². The molecule has 2 aromatic rings. The molecule has 0 aliphatic carbocycles. The molecule has 9 heteroatoms. The maximum Gasteiger partial charge on any atom is 0.337 e. The monoisotopic (exact) mass is 472 g/mol. The van der Waals surface area contributed by atoms with Gasteiger partial charge in [0.2, 0.25) is 5.91 Å². The van der Waals surface area contributed by atoms with E-state index in [9.17, 15) is 19.2 Å². The van der Waals surface area contributed by atoms with Gasteiger partial charge < -0.3 is 14.4 Å². The summed E-state index contributed by atoms with van der Waals surface area (Å²) in [6, 6.07) is 6.61. The summed E-state index contributed by atoms with van der Waals surface area (Å²) >= 11 is 1.12. The molecule has 1 fully saturated rings. The zero-order chi connectivity index (χ0) is 24.0. The van der Waals surface area contributed by atoms with Crippen LogP contribution in [0.2, 0.25) is 0 Å². The molecule has 176 valence electrons. The molecule has 1 aliphatic heterocycles. The molecule has 1 aliphatic rings. The van der Waals surface area contributed by atoms with E-state index in [4.69, 9.17) is 9.47 Å². The minimum atomic E-state index is -0.569. The van der Waals surface area contributed by atoms with Gasteiger partial charge in [0.25, 0.3) is 5.56 Å². The number of methoxy groups -OCH3 is 1. The molecule has 0 unspecified atom stereocenters. The van der Waals surface area contributed by atoms with Crippen LogP contribution in [0.25, 0.3) is 12.2 Å². The van der Waals surface area contributed by atoms with Gasteiger partial charge in [-0.25, -0.2) is 9.59 Å². The van der Waals surface area contributed by atoms with Crippen LogP contribution in [0, 0.1) is 5.92 Å². The smallest absolute Gasteiger partial charge is 0.337 e. The van der Waals surface area contributed by atoms with Gasteiger partial charge in [-0.3, -0.25) is 14.2 Å². The molecule has 1 amide bonds. The SMILES string of the molecule is CCOC(=O)/C=c1\s/c(=C/c2ccc(C(=O)OC)cc2)c(=O)n1CC(=O)N1CCC(C)CC1. The van der Waals surface area contributed by atoms with E-state index in [1.165, 1.54) is 17.8 Å². The number of esters is 2. The summed E-state index contributed by atoms with van der Waals surface area (Å²) in [5.74, 6) is -0.579. The molecular weight excluding hydrogens is 444 g/mol. The van der Waals surface area contributed by atoms with Crippen LogP contribution < -0.4 is 14.8 Å². The zero-order valence-electron chi connectivity index (χ0n) is 19.0. The van der Waals surface area contributed by atoms with Crippen LogP contribution in [0.3, 0.4) is 0 Å². The summed E-state index contributed by atoms with van der Waals surface area (Å²) in [7, 11) is 1.31. The number of ether oxygens (including phenoxy) is 2. The molecule has 0 spiro atoms. The third-order valence-electron chi connectivity index (χ3n) is 5.52. The van der Waals surface area contributed by atoms with Gasteiger partial charge >= 0.3 is 11.9 Å². The van der Waals surface area contributed by atoms with E-state index < -0.39 is 11.9 Å². The largest absolute Gasteiger partial charge is 0.465 e. The third-order valence-corrected chi connectivity index (χ3v) is 6.58. The Labute approximate surface area is 195 Å². The first kappa shape index (κ1) is 24.4. The highest BCUT2D eigenvalue weighted by molar-refractivity contribution is 7.07. The summed E-state index contributed by atoms with van der Waals surface area (Å²) in [6.07, 6.45) is 4.79. The van der Waals surface area contributed by atoms with Gasteiger partial charge in [-0.2, -0.15) is 0 Å². The molecule has 0 atom stereocenters. The van der Waals surface area contributed by atoms with E-state index in [0.29, 0.717) is 39.3 Å². The van der Waals surface area contributed by atoms with Crippen molar-refractivity contribution in [1.82, 2.24) is 9.47 Å². The Morgan fingerprint density at radius 3 is 2.42 bits per heavy atom. The van der Waals surface area contributed by atoms with Crippen molar-refractivity contribution in [2.45, 2.75) is 33.2 Å². The molecule has 33 heavy (non-hydrogen) atoms. The molecule has 0 saturated carbocycles. The first-order valence-electron chi connectivity index (χ1n) is 10.9. The molecule has 3 rings (SSSR count). The second-order valence-electron chi connectivity index (χ2n) is 7.91. The summed E-state index contributed by atoms with van der Waals surface area (Å²) in [4.78, 5) is 51.5. The summed E-state index contributed by atoms with van der Waals surface area (Å²) < 4.78 is 11.8. The number of likely N-dealkylation sites (tertiary alicyclic amines) is 1. The van der Waals surface area contributed by atoms with Gasteiger partial charge in [0.1, 0.15) is 11.2 Å². The van der Waals surface area contributed by atoms with Gasteiger partial charge in [0.15, 0.2) is 0 Å². The van der Waals surface area contributed by atoms with Crippen LogP contribution in [0.5, 0.6) is 0 Å². The fourth-order valence-corrected chi connectivity index (χ4v) is 4.59. The highest BCUT2D eigenvalue weighted by Gasteiger charge is 2.21. The number of carbonyl (C=O) groups excluding carboxylic acids is 3. The Kier molecular flexibility index (Phi) is 8.21. The van der Waals surface area contributed by atoms with Gasteiger partial charge in [-0.15, -0.1) is 11.3 Å². The van der Waals surface area contributed by atoms with Crippen molar-refractivity contribution < 1.29 is 23.9 Å². The number of rotatable bonds is 6. The lowest BCUT2D eigenvalue weighted by Gasteiger charge is -2.30. The van der Waals surface area contributed by atoms with Crippen molar-refractivity contribution in [3.8, 4) is 0 Å². The number of nitrogens with zero attached hydrogens (tertiary/aromatic N) is 2. The van der Waals surface area contributed by atoms with Crippen molar-refractivity contribution in [3.63, 3.8) is 0 Å². The van der Waals surface area contributed by atoms with E-state index in [1.54, 1.807) is 42.2 Å². The Balaban J connectivity index is 1.97. The minimum Gasteiger partial charge on any atom is -0.465 e. The zero-order valence-corrected chi connectivity index (χ0v) is 19.9. The number of aromatic nitrogens is 1. The molecule has 0 N–H and O–H groups in total. The molecule has 2 heterocycles. The number of hydrogen-bond donors (Lipinski definition) is 0. The fraction of sp³-hybridized carbons (Fsp3) is 0.417. The highest BCUT2D eigenvalue weighted by Crippen LogP contribution is 2.16. The second kappa shape index (κ2) is 11.1. The Morgan fingerprint density at radius 1 is 1.15 bits per heavy atom. The van der Waals surface area contributed by atoms with E-state index in [1.807, 2.05) is 0 Å². The van der Waals surface area contributed by atoms with Crippen molar-refractivity contribution in [2.75, 3.05) is 26.8 Å². The third kappa shape index (κ3) is 6.19. The summed E-state index contributed by atoms with van der Waals surface area (Å²) in [5, 5.41) is 0. The van der Waals surface area contributed by atoms with Crippen molar-refractivity contribution in [2.24, 2.45) is 5.92 Å². The minimum absolute atomic E-state index is 0.135. The summed E-state index contributed by atoms with van der Waals surface area (Å²) in [6.45, 7) is 5.27. The highest BCUT2D eigenvalue weighted by atomic mass is 32.1.